The van der Waals surface area contributed by atoms with Crippen LogP contribution in [-0.2, 0) is 6.42 Å². The first-order valence-electron chi connectivity index (χ1n) is 11.3. The molecule has 2 heterocycles. The van der Waals surface area contributed by atoms with Crippen molar-refractivity contribution in [2.75, 3.05) is 0 Å². The zero-order valence-corrected chi connectivity index (χ0v) is 20.3. The van der Waals surface area contributed by atoms with Crippen molar-refractivity contribution in [2.24, 2.45) is 4.99 Å². The van der Waals surface area contributed by atoms with Crippen LogP contribution in [0.15, 0.2) is 82.1 Å². The van der Waals surface area contributed by atoms with Crippen LogP contribution in [0.2, 0.25) is 5.02 Å². The molecule has 1 atom stereocenters. The number of allylic oxidation sites excluding steroid dienone is 1. The highest BCUT2D eigenvalue weighted by Gasteiger charge is 2.33. The fraction of sp³-hybridized carbons (Fsp3) is 0.111. The van der Waals surface area contributed by atoms with E-state index in [1.807, 2.05) is 36.4 Å². The van der Waals surface area contributed by atoms with Gasteiger partial charge in [0.25, 0.3) is 11.2 Å². The molecule has 0 bridgehead atoms. The van der Waals surface area contributed by atoms with E-state index < -0.39 is 16.7 Å². The molecule has 0 radical (unpaired) electrons. The molecule has 4 aromatic rings. The Hall–Kier alpha value is -4.01. The van der Waals surface area contributed by atoms with Gasteiger partial charge in [0.15, 0.2) is 4.80 Å². The fourth-order valence-electron chi connectivity index (χ4n) is 4.90. The van der Waals surface area contributed by atoms with Crippen LogP contribution in [0, 0.1) is 10.1 Å². The summed E-state index contributed by atoms with van der Waals surface area (Å²) in [6.45, 7) is 0. The predicted octanol–water partition coefficient (Wildman–Crippen LogP) is 3.95. The maximum atomic E-state index is 13.7. The molecule has 0 saturated heterocycles. The summed E-state index contributed by atoms with van der Waals surface area (Å²) in [5.74, 6) is -0.401. The van der Waals surface area contributed by atoms with Crippen molar-refractivity contribution < 1.29 is 10.0 Å². The third-order valence-electron chi connectivity index (χ3n) is 6.56. The lowest BCUT2D eigenvalue weighted by molar-refractivity contribution is -0.385. The van der Waals surface area contributed by atoms with E-state index >= 15 is 0 Å². The number of aryl methyl sites for hydroxylation is 1. The Balaban J connectivity index is 1.63. The molecular formula is C27H17ClN3O4S-. The van der Waals surface area contributed by atoms with Gasteiger partial charge >= 0.3 is 0 Å². The minimum absolute atomic E-state index is 0.0814. The molecule has 1 aliphatic carbocycles. The molecule has 178 valence electrons. The Morgan fingerprint density at radius 1 is 1.08 bits per heavy atom. The Labute approximate surface area is 213 Å². The van der Waals surface area contributed by atoms with E-state index in [0.29, 0.717) is 9.82 Å². The number of thiazole rings is 1. The number of hydrogen-bond acceptors (Lipinski definition) is 6. The topological polar surface area (TPSA) is 101 Å². The van der Waals surface area contributed by atoms with Crippen LogP contribution < -0.4 is 20.0 Å². The Bertz CT molecular complexity index is 1790. The molecular weight excluding hydrogens is 498 g/mol. The fourth-order valence-corrected chi connectivity index (χ4v) is 6.13. The van der Waals surface area contributed by atoms with E-state index in [1.165, 1.54) is 17.7 Å². The minimum atomic E-state index is -0.568. The molecule has 6 rings (SSSR count). The molecule has 0 spiro atoms. The average molecular weight is 515 g/mol. The Kier molecular flexibility index (Phi) is 5.35. The summed E-state index contributed by atoms with van der Waals surface area (Å²) >= 11 is 7.79. The third-order valence-corrected chi connectivity index (χ3v) is 7.89. The van der Waals surface area contributed by atoms with Gasteiger partial charge in [0.05, 0.1) is 21.2 Å². The molecule has 0 fully saturated rings. The lowest BCUT2D eigenvalue weighted by Gasteiger charge is -2.31. The molecule has 0 amide bonds. The van der Waals surface area contributed by atoms with E-state index in [-0.39, 0.29) is 21.3 Å². The van der Waals surface area contributed by atoms with Crippen molar-refractivity contribution in [1.82, 2.24) is 4.57 Å². The molecule has 0 N–H and O–H groups in total. The number of nitro groups is 1. The van der Waals surface area contributed by atoms with E-state index in [1.54, 1.807) is 10.6 Å². The van der Waals surface area contributed by atoms with E-state index in [2.05, 4.69) is 6.07 Å². The highest BCUT2D eigenvalue weighted by atomic mass is 35.5. The monoisotopic (exact) mass is 514 g/mol. The van der Waals surface area contributed by atoms with Crippen molar-refractivity contribution in [3.05, 3.63) is 129 Å². The van der Waals surface area contributed by atoms with Crippen molar-refractivity contribution >= 4 is 40.4 Å². The highest BCUT2D eigenvalue weighted by molar-refractivity contribution is 7.07. The highest BCUT2D eigenvalue weighted by Crippen LogP contribution is 2.42. The largest absolute Gasteiger partial charge is 0.872 e. The maximum Gasteiger partial charge on any atom is 0.271 e. The average Bonchev–Trinajstić information content (AvgIpc) is 3.19. The molecule has 1 aromatic heterocycles. The molecule has 0 unspecified atom stereocenters. The van der Waals surface area contributed by atoms with Gasteiger partial charge in [0.2, 0.25) is 0 Å². The van der Waals surface area contributed by atoms with Gasteiger partial charge in [-0.15, -0.1) is 5.75 Å². The number of non-ortho nitro benzene ring substituents is 1. The second-order valence-electron chi connectivity index (χ2n) is 8.61. The number of fused-ring (bicyclic) bond motifs is 3. The van der Waals surface area contributed by atoms with Gasteiger partial charge in [-0.3, -0.25) is 19.5 Å². The van der Waals surface area contributed by atoms with Crippen molar-refractivity contribution in [1.29, 1.82) is 0 Å². The number of benzene rings is 3. The lowest BCUT2D eigenvalue weighted by atomic mass is 9.83. The van der Waals surface area contributed by atoms with Crippen LogP contribution in [0.1, 0.15) is 34.7 Å². The first-order valence-corrected chi connectivity index (χ1v) is 12.4. The molecule has 1 aliphatic heterocycles. The van der Waals surface area contributed by atoms with Crippen LogP contribution in [-0.4, -0.2) is 9.49 Å². The predicted molar refractivity (Wildman–Crippen MR) is 137 cm³/mol. The quantitative estimate of drug-likeness (QED) is 0.305. The summed E-state index contributed by atoms with van der Waals surface area (Å²) in [7, 11) is 0. The zero-order chi connectivity index (χ0) is 25.0. The van der Waals surface area contributed by atoms with E-state index in [9.17, 15) is 20.0 Å². The van der Waals surface area contributed by atoms with Gasteiger partial charge in [0.1, 0.15) is 0 Å². The number of nitro benzene ring substituents is 1. The van der Waals surface area contributed by atoms with Crippen LogP contribution >= 0.6 is 22.9 Å². The van der Waals surface area contributed by atoms with Gasteiger partial charge in [-0.2, -0.15) is 0 Å². The molecule has 36 heavy (non-hydrogen) atoms. The summed E-state index contributed by atoms with van der Waals surface area (Å²) in [5.41, 5.74) is 4.44. The van der Waals surface area contributed by atoms with Crippen LogP contribution in [0.25, 0.3) is 11.8 Å². The summed E-state index contributed by atoms with van der Waals surface area (Å²) < 4.78 is 1.91. The smallest absolute Gasteiger partial charge is 0.271 e. The first-order chi connectivity index (χ1) is 17.4. The standard InChI is InChI=1S/C27H18ClN3O4S/c28-21-8-4-3-7-19(21)25-20-11-9-15-5-1-2-6-18(15)24(20)29-27-30(25)26(33)23(36-27)14-16-13-17(31(34)35)10-12-22(16)32/h1-8,10,12-14,25,32H,9,11H2/p-1/b23-14+/t25-/m1/s1. The third kappa shape index (κ3) is 3.57. The molecule has 9 heteroatoms. The van der Waals surface area contributed by atoms with Crippen molar-refractivity contribution in [3.8, 4) is 5.75 Å². The number of halogens is 1. The number of aromatic nitrogens is 1. The first kappa shape index (κ1) is 22.5. The summed E-state index contributed by atoms with van der Waals surface area (Å²) in [6, 6.07) is 18.6. The molecule has 2 aliphatic rings. The Morgan fingerprint density at radius 3 is 2.67 bits per heavy atom. The van der Waals surface area contributed by atoms with Gasteiger partial charge in [-0.05, 0) is 47.2 Å². The number of rotatable bonds is 3. The van der Waals surface area contributed by atoms with Crippen LogP contribution in [0.3, 0.4) is 0 Å². The van der Waals surface area contributed by atoms with Gasteiger partial charge < -0.3 is 5.11 Å². The normalized spacial score (nSPS) is 16.7. The van der Waals surface area contributed by atoms with Crippen LogP contribution in [0.4, 0.5) is 5.69 Å². The SMILES string of the molecule is O=c1/c(=C\c2cc([N+](=O)[O-])ccc2[O-])sc2n1[C@H](c1ccccc1Cl)C1=C(N=2)c2ccccc2CC1. The van der Waals surface area contributed by atoms with Crippen molar-refractivity contribution in [3.63, 3.8) is 0 Å². The lowest BCUT2D eigenvalue weighted by Crippen LogP contribution is -2.38. The van der Waals surface area contributed by atoms with Crippen molar-refractivity contribution in [2.45, 2.75) is 18.9 Å². The molecule has 3 aromatic carbocycles. The minimum Gasteiger partial charge on any atom is -0.872 e. The van der Waals surface area contributed by atoms with Gasteiger partial charge in [-0.1, -0.05) is 71.5 Å². The summed E-state index contributed by atoms with van der Waals surface area (Å²) in [6.07, 6.45) is 2.97. The molecule has 0 saturated carbocycles. The van der Waals surface area contributed by atoms with Crippen LogP contribution in [0.5, 0.6) is 5.75 Å². The summed E-state index contributed by atoms with van der Waals surface area (Å²) in [4.78, 5) is 29.8. The second kappa shape index (κ2) is 8.58. The number of hydrogen-bond donors (Lipinski definition) is 0. The summed E-state index contributed by atoms with van der Waals surface area (Å²) in [5, 5.41) is 24.2. The van der Waals surface area contributed by atoms with E-state index in [0.717, 1.165) is 58.7 Å². The van der Waals surface area contributed by atoms with Gasteiger partial charge in [0, 0.05) is 22.7 Å². The van der Waals surface area contributed by atoms with E-state index in [4.69, 9.17) is 16.6 Å². The Morgan fingerprint density at radius 2 is 1.86 bits per heavy atom. The number of nitrogens with zero attached hydrogens (tertiary/aromatic N) is 3. The zero-order valence-electron chi connectivity index (χ0n) is 18.7. The second-order valence-corrected chi connectivity index (χ2v) is 10.0. The maximum absolute atomic E-state index is 13.7. The van der Waals surface area contributed by atoms with Gasteiger partial charge in [-0.25, -0.2) is 4.99 Å². The molecule has 7 nitrogen and oxygen atoms in total.